The Kier molecular flexibility index (Phi) is 7.26. The van der Waals surface area contributed by atoms with Crippen LogP contribution in [0.3, 0.4) is 0 Å². The molecule has 0 aliphatic heterocycles. The molecular formula is C16H27N3O. The van der Waals surface area contributed by atoms with Crippen molar-refractivity contribution >= 4 is 5.91 Å². The van der Waals surface area contributed by atoms with Gasteiger partial charge in [0.15, 0.2) is 0 Å². The van der Waals surface area contributed by atoms with Crippen LogP contribution in [0.5, 0.6) is 0 Å². The van der Waals surface area contributed by atoms with Crippen LogP contribution in [0.1, 0.15) is 56.0 Å². The first-order valence-electron chi connectivity index (χ1n) is 7.46. The first kappa shape index (κ1) is 16.7. The second-order valence-corrected chi connectivity index (χ2v) is 5.25. The number of nitrogen functional groups attached to an aromatic ring is 1. The van der Waals surface area contributed by atoms with Gasteiger partial charge in [-0.2, -0.15) is 0 Å². The molecule has 112 valence electrons. The highest BCUT2D eigenvalue weighted by Crippen LogP contribution is 2.13. The molecule has 4 nitrogen and oxygen atoms in total. The Morgan fingerprint density at radius 2 is 1.95 bits per heavy atom. The summed E-state index contributed by atoms with van der Waals surface area (Å²) >= 11 is 0. The Balaban J connectivity index is 2.70. The Labute approximate surface area is 122 Å². The standard InChI is InChI=1S/C16H27N3O/c1-4-6-11-19(13(3)5-2)12-14-7-9-15(10-8-14)16(20)18-17/h7-10,13H,4-6,11-12,17H2,1-3H3,(H,18,20). The van der Waals surface area contributed by atoms with E-state index < -0.39 is 0 Å². The minimum absolute atomic E-state index is 0.249. The zero-order valence-corrected chi connectivity index (χ0v) is 12.9. The zero-order valence-electron chi connectivity index (χ0n) is 12.9. The van der Waals surface area contributed by atoms with E-state index in [0.29, 0.717) is 11.6 Å². The molecule has 0 aromatic heterocycles. The van der Waals surface area contributed by atoms with Crippen LogP contribution in [0, 0.1) is 0 Å². The Morgan fingerprint density at radius 3 is 2.45 bits per heavy atom. The molecular weight excluding hydrogens is 250 g/mol. The minimum Gasteiger partial charge on any atom is -0.296 e. The molecule has 0 bridgehead atoms. The number of nitrogens with zero attached hydrogens (tertiary/aromatic N) is 1. The van der Waals surface area contributed by atoms with Gasteiger partial charge in [-0.1, -0.05) is 32.4 Å². The molecule has 0 radical (unpaired) electrons. The van der Waals surface area contributed by atoms with Crippen molar-refractivity contribution in [3.8, 4) is 0 Å². The summed E-state index contributed by atoms with van der Waals surface area (Å²) in [5.41, 5.74) is 3.98. The molecule has 1 rings (SSSR count). The van der Waals surface area contributed by atoms with Gasteiger partial charge in [0.25, 0.3) is 5.91 Å². The van der Waals surface area contributed by atoms with E-state index in [-0.39, 0.29) is 5.91 Å². The van der Waals surface area contributed by atoms with Gasteiger partial charge >= 0.3 is 0 Å². The van der Waals surface area contributed by atoms with Crippen molar-refractivity contribution in [2.75, 3.05) is 6.54 Å². The lowest BCUT2D eigenvalue weighted by atomic mass is 10.1. The summed E-state index contributed by atoms with van der Waals surface area (Å²) in [5.74, 6) is 4.88. The lowest BCUT2D eigenvalue weighted by molar-refractivity contribution is 0.0953. The fraction of sp³-hybridized carbons (Fsp3) is 0.562. The zero-order chi connectivity index (χ0) is 15.0. The SMILES string of the molecule is CCCCN(Cc1ccc(C(=O)NN)cc1)C(C)CC. The third-order valence-electron chi connectivity index (χ3n) is 3.75. The van der Waals surface area contributed by atoms with Gasteiger partial charge in [-0.15, -0.1) is 0 Å². The molecule has 1 aromatic rings. The number of hydrazine groups is 1. The van der Waals surface area contributed by atoms with E-state index in [0.717, 1.165) is 19.5 Å². The minimum atomic E-state index is -0.249. The maximum absolute atomic E-state index is 11.4. The molecule has 1 aromatic carbocycles. The molecule has 3 N–H and O–H groups in total. The van der Waals surface area contributed by atoms with Crippen molar-refractivity contribution in [3.63, 3.8) is 0 Å². The van der Waals surface area contributed by atoms with E-state index in [1.165, 1.54) is 18.4 Å². The van der Waals surface area contributed by atoms with Crippen molar-refractivity contribution in [3.05, 3.63) is 35.4 Å². The number of carbonyl (C=O) groups excluding carboxylic acids is 1. The molecule has 4 heteroatoms. The van der Waals surface area contributed by atoms with Gasteiger partial charge in [0.1, 0.15) is 0 Å². The summed E-state index contributed by atoms with van der Waals surface area (Å²) in [6.45, 7) is 8.76. The maximum atomic E-state index is 11.4. The molecule has 1 unspecified atom stereocenters. The van der Waals surface area contributed by atoms with Crippen molar-refractivity contribution in [1.82, 2.24) is 10.3 Å². The summed E-state index contributed by atoms with van der Waals surface area (Å²) in [7, 11) is 0. The number of nitrogens with one attached hydrogen (secondary N) is 1. The topological polar surface area (TPSA) is 58.4 Å². The van der Waals surface area contributed by atoms with E-state index in [1.54, 1.807) is 0 Å². The smallest absolute Gasteiger partial charge is 0.265 e. The van der Waals surface area contributed by atoms with Gasteiger partial charge < -0.3 is 0 Å². The van der Waals surface area contributed by atoms with Gasteiger partial charge in [-0.3, -0.25) is 15.1 Å². The highest BCUT2D eigenvalue weighted by Gasteiger charge is 2.12. The van der Waals surface area contributed by atoms with Crippen molar-refractivity contribution < 1.29 is 4.79 Å². The van der Waals surface area contributed by atoms with Crippen LogP contribution in [0.2, 0.25) is 0 Å². The predicted molar refractivity (Wildman–Crippen MR) is 83.2 cm³/mol. The summed E-state index contributed by atoms with van der Waals surface area (Å²) in [4.78, 5) is 13.9. The fourth-order valence-corrected chi connectivity index (χ4v) is 2.15. The summed E-state index contributed by atoms with van der Waals surface area (Å²) in [6.07, 6.45) is 3.58. The summed E-state index contributed by atoms with van der Waals surface area (Å²) < 4.78 is 0. The second-order valence-electron chi connectivity index (χ2n) is 5.25. The van der Waals surface area contributed by atoms with E-state index in [1.807, 2.05) is 24.3 Å². The van der Waals surface area contributed by atoms with Crippen molar-refractivity contribution in [2.24, 2.45) is 5.84 Å². The fourth-order valence-electron chi connectivity index (χ4n) is 2.15. The molecule has 0 saturated carbocycles. The average molecular weight is 277 g/mol. The first-order valence-corrected chi connectivity index (χ1v) is 7.46. The average Bonchev–Trinajstić information content (AvgIpc) is 2.50. The van der Waals surface area contributed by atoms with E-state index in [9.17, 15) is 4.79 Å². The maximum Gasteiger partial charge on any atom is 0.265 e. The van der Waals surface area contributed by atoms with Gasteiger partial charge in [-0.05, 0) is 44.0 Å². The number of carbonyl (C=O) groups is 1. The molecule has 0 aliphatic rings. The van der Waals surface area contributed by atoms with Gasteiger partial charge in [0.2, 0.25) is 0 Å². The Morgan fingerprint density at radius 1 is 1.30 bits per heavy atom. The monoisotopic (exact) mass is 277 g/mol. The van der Waals surface area contributed by atoms with Gasteiger partial charge in [-0.25, -0.2) is 5.84 Å². The van der Waals surface area contributed by atoms with Crippen molar-refractivity contribution in [1.29, 1.82) is 0 Å². The summed E-state index contributed by atoms with van der Waals surface area (Å²) in [6, 6.07) is 8.24. The number of unbranched alkanes of at least 4 members (excludes halogenated alkanes) is 1. The van der Waals surface area contributed by atoms with Crippen LogP contribution in [0.25, 0.3) is 0 Å². The Hall–Kier alpha value is -1.39. The van der Waals surface area contributed by atoms with Crippen LogP contribution in [-0.4, -0.2) is 23.4 Å². The molecule has 20 heavy (non-hydrogen) atoms. The number of nitrogens with two attached hydrogens (primary N) is 1. The first-order chi connectivity index (χ1) is 9.62. The van der Waals surface area contributed by atoms with E-state index >= 15 is 0 Å². The molecule has 1 atom stereocenters. The van der Waals surface area contributed by atoms with Crippen LogP contribution in [0.15, 0.2) is 24.3 Å². The largest absolute Gasteiger partial charge is 0.296 e. The second kappa shape index (κ2) is 8.72. The highest BCUT2D eigenvalue weighted by atomic mass is 16.2. The van der Waals surface area contributed by atoms with Crippen LogP contribution in [0.4, 0.5) is 0 Å². The van der Waals surface area contributed by atoms with Crippen LogP contribution in [-0.2, 0) is 6.54 Å². The lowest BCUT2D eigenvalue weighted by Gasteiger charge is -2.28. The number of rotatable bonds is 8. The molecule has 0 fully saturated rings. The third kappa shape index (κ3) is 4.94. The van der Waals surface area contributed by atoms with Gasteiger partial charge in [0, 0.05) is 18.2 Å². The van der Waals surface area contributed by atoms with E-state index in [2.05, 4.69) is 31.1 Å². The van der Waals surface area contributed by atoms with Crippen molar-refractivity contribution in [2.45, 2.75) is 52.6 Å². The number of amides is 1. The number of hydrogen-bond acceptors (Lipinski definition) is 3. The third-order valence-corrected chi connectivity index (χ3v) is 3.75. The highest BCUT2D eigenvalue weighted by molar-refractivity contribution is 5.93. The molecule has 0 spiro atoms. The van der Waals surface area contributed by atoms with Crippen LogP contribution < -0.4 is 11.3 Å². The van der Waals surface area contributed by atoms with E-state index in [4.69, 9.17) is 5.84 Å². The molecule has 0 heterocycles. The molecule has 0 saturated heterocycles. The lowest BCUT2D eigenvalue weighted by Crippen LogP contribution is -2.33. The normalized spacial score (nSPS) is 12.4. The number of benzene rings is 1. The number of hydrogen-bond donors (Lipinski definition) is 2. The Bertz CT molecular complexity index is 403. The quantitative estimate of drug-likeness (QED) is 0.436. The summed E-state index contributed by atoms with van der Waals surface area (Å²) in [5, 5.41) is 0. The molecule has 1 amide bonds. The van der Waals surface area contributed by atoms with Gasteiger partial charge in [0.05, 0.1) is 0 Å². The van der Waals surface area contributed by atoms with Crippen LogP contribution >= 0.6 is 0 Å². The molecule has 0 aliphatic carbocycles. The predicted octanol–water partition coefficient (Wildman–Crippen LogP) is 2.69.